The van der Waals surface area contributed by atoms with Crippen LogP contribution in [0.25, 0.3) is 0 Å². The molecule has 0 aliphatic rings. The lowest BCUT2D eigenvalue weighted by atomic mass is 10.2. The van der Waals surface area contributed by atoms with E-state index in [4.69, 9.17) is 14.9 Å². The summed E-state index contributed by atoms with van der Waals surface area (Å²) in [5, 5.41) is 17.2. The molecule has 0 aliphatic heterocycles. The van der Waals surface area contributed by atoms with Crippen molar-refractivity contribution >= 4 is 5.97 Å². The second-order valence-corrected chi connectivity index (χ2v) is 3.26. The molecule has 4 heteroatoms. The van der Waals surface area contributed by atoms with Crippen LogP contribution in [-0.2, 0) is 0 Å². The summed E-state index contributed by atoms with van der Waals surface area (Å²) in [6.45, 7) is 0.523. The van der Waals surface area contributed by atoms with E-state index in [2.05, 4.69) is 11.8 Å². The van der Waals surface area contributed by atoms with Crippen LogP contribution in [0.15, 0.2) is 24.3 Å². The Hall–Kier alpha value is -1.99. The van der Waals surface area contributed by atoms with Crippen LogP contribution in [0.4, 0.5) is 0 Å². The highest BCUT2D eigenvalue weighted by molar-refractivity contribution is 5.87. The molecule has 2 N–H and O–H groups in total. The van der Waals surface area contributed by atoms with Crippen molar-refractivity contribution in [2.24, 2.45) is 0 Å². The summed E-state index contributed by atoms with van der Waals surface area (Å²) < 4.78 is 5.36. The van der Waals surface area contributed by atoms with Gasteiger partial charge in [-0.1, -0.05) is 5.92 Å². The molecule has 0 atom stereocenters. The van der Waals surface area contributed by atoms with Crippen molar-refractivity contribution in [1.29, 1.82) is 0 Å². The topological polar surface area (TPSA) is 66.8 Å². The van der Waals surface area contributed by atoms with Crippen LogP contribution >= 0.6 is 0 Å². The van der Waals surface area contributed by atoms with Gasteiger partial charge in [0.05, 0.1) is 18.8 Å². The largest absolute Gasteiger partial charge is 0.493 e. The third-order valence-corrected chi connectivity index (χ3v) is 1.96. The van der Waals surface area contributed by atoms with Crippen molar-refractivity contribution in [2.75, 3.05) is 13.2 Å². The Kier molecular flexibility index (Phi) is 5.62. The number of ether oxygens (including phenoxy) is 1. The molecule has 0 saturated heterocycles. The van der Waals surface area contributed by atoms with E-state index in [1.807, 2.05) is 0 Å². The van der Waals surface area contributed by atoms with E-state index in [1.165, 1.54) is 12.1 Å². The lowest BCUT2D eigenvalue weighted by Crippen LogP contribution is -1.98. The first kappa shape index (κ1) is 13.1. The molecule has 90 valence electrons. The monoisotopic (exact) mass is 234 g/mol. The first-order valence-corrected chi connectivity index (χ1v) is 5.27. The van der Waals surface area contributed by atoms with E-state index in [1.54, 1.807) is 12.1 Å². The van der Waals surface area contributed by atoms with Crippen molar-refractivity contribution < 1.29 is 19.7 Å². The summed E-state index contributed by atoms with van der Waals surface area (Å²) in [5.41, 5.74) is 0.236. The summed E-state index contributed by atoms with van der Waals surface area (Å²) in [7, 11) is 0. The van der Waals surface area contributed by atoms with Crippen LogP contribution in [0.5, 0.6) is 5.75 Å². The number of carboxylic acid groups (broad SMARTS) is 1. The minimum Gasteiger partial charge on any atom is -0.493 e. The van der Waals surface area contributed by atoms with Crippen LogP contribution in [0.1, 0.15) is 23.2 Å². The second-order valence-electron chi connectivity index (χ2n) is 3.26. The SMILES string of the molecule is O=C(O)c1ccc(OCCC#CCCO)cc1. The quantitative estimate of drug-likeness (QED) is 0.599. The van der Waals surface area contributed by atoms with Gasteiger partial charge in [-0.2, -0.15) is 0 Å². The average Bonchev–Trinajstić information content (AvgIpc) is 2.34. The molecule has 0 heterocycles. The number of aliphatic hydroxyl groups excluding tert-OH is 1. The van der Waals surface area contributed by atoms with Crippen molar-refractivity contribution in [1.82, 2.24) is 0 Å². The molecule has 0 amide bonds. The van der Waals surface area contributed by atoms with Crippen molar-refractivity contribution in [2.45, 2.75) is 12.8 Å². The first-order chi connectivity index (χ1) is 8.24. The van der Waals surface area contributed by atoms with E-state index >= 15 is 0 Å². The Morgan fingerprint density at radius 2 is 1.82 bits per heavy atom. The average molecular weight is 234 g/mol. The molecule has 0 bridgehead atoms. The van der Waals surface area contributed by atoms with Crippen LogP contribution in [0.3, 0.4) is 0 Å². The molecule has 1 aromatic rings. The zero-order valence-electron chi connectivity index (χ0n) is 9.35. The molecule has 17 heavy (non-hydrogen) atoms. The molecule has 0 fully saturated rings. The summed E-state index contributed by atoms with van der Waals surface area (Å²) in [5.74, 6) is 5.32. The van der Waals surface area contributed by atoms with Crippen LogP contribution in [-0.4, -0.2) is 29.4 Å². The van der Waals surface area contributed by atoms with Gasteiger partial charge in [0.25, 0.3) is 0 Å². The van der Waals surface area contributed by atoms with E-state index in [0.29, 0.717) is 25.2 Å². The number of aromatic carboxylic acids is 1. The molecule has 1 rings (SSSR count). The highest BCUT2D eigenvalue weighted by atomic mass is 16.5. The van der Waals surface area contributed by atoms with Gasteiger partial charge < -0.3 is 14.9 Å². The normalized spacial score (nSPS) is 9.24. The van der Waals surface area contributed by atoms with Gasteiger partial charge in [-0.25, -0.2) is 4.79 Å². The number of carboxylic acids is 1. The molecule has 0 aliphatic carbocycles. The number of rotatable bonds is 5. The van der Waals surface area contributed by atoms with E-state index in [-0.39, 0.29) is 12.2 Å². The molecule has 0 aromatic heterocycles. The molecular weight excluding hydrogens is 220 g/mol. The summed E-state index contributed by atoms with van der Waals surface area (Å²) in [6, 6.07) is 6.22. The molecule has 0 saturated carbocycles. The summed E-state index contributed by atoms with van der Waals surface area (Å²) in [6.07, 6.45) is 1.06. The van der Waals surface area contributed by atoms with Crippen LogP contribution in [0.2, 0.25) is 0 Å². The maximum absolute atomic E-state index is 10.6. The zero-order valence-corrected chi connectivity index (χ0v) is 9.35. The maximum Gasteiger partial charge on any atom is 0.335 e. The van der Waals surface area contributed by atoms with Gasteiger partial charge in [-0.15, -0.1) is 5.92 Å². The van der Waals surface area contributed by atoms with E-state index in [0.717, 1.165) is 0 Å². The van der Waals surface area contributed by atoms with Gasteiger partial charge in [0, 0.05) is 12.8 Å². The Morgan fingerprint density at radius 3 is 2.41 bits per heavy atom. The Balaban J connectivity index is 2.33. The van der Waals surface area contributed by atoms with Gasteiger partial charge in [0.2, 0.25) is 0 Å². The predicted octanol–water partition coefficient (Wildman–Crippen LogP) is 1.54. The van der Waals surface area contributed by atoms with Crippen LogP contribution in [0, 0.1) is 11.8 Å². The lowest BCUT2D eigenvalue weighted by molar-refractivity contribution is 0.0697. The van der Waals surface area contributed by atoms with Gasteiger partial charge >= 0.3 is 5.97 Å². The smallest absolute Gasteiger partial charge is 0.335 e. The lowest BCUT2D eigenvalue weighted by Gasteiger charge is -2.03. The maximum atomic E-state index is 10.6. The molecular formula is C13H14O4. The molecule has 0 unspecified atom stereocenters. The number of hydrogen-bond acceptors (Lipinski definition) is 3. The third-order valence-electron chi connectivity index (χ3n) is 1.96. The fourth-order valence-electron chi connectivity index (χ4n) is 1.15. The fraction of sp³-hybridized carbons (Fsp3) is 0.308. The van der Waals surface area contributed by atoms with Crippen LogP contribution < -0.4 is 4.74 Å². The fourth-order valence-corrected chi connectivity index (χ4v) is 1.15. The van der Waals surface area contributed by atoms with Crippen molar-refractivity contribution in [3.05, 3.63) is 29.8 Å². The summed E-state index contributed by atoms with van der Waals surface area (Å²) in [4.78, 5) is 10.6. The molecule has 4 nitrogen and oxygen atoms in total. The molecule has 0 radical (unpaired) electrons. The Bertz CT molecular complexity index is 411. The van der Waals surface area contributed by atoms with E-state index in [9.17, 15) is 4.79 Å². The number of hydrogen-bond donors (Lipinski definition) is 2. The Labute approximate surface area is 99.8 Å². The highest BCUT2D eigenvalue weighted by Gasteiger charge is 2.01. The molecule has 1 aromatic carbocycles. The van der Waals surface area contributed by atoms with Gasteiger partial charge in [0.1, 0.15) is 5.75 Å². The minimum absolute atomic E-state index is 0.0739. The third kappa shape index (κ3) is 5.05. The number of carbonyl (C=O) groups is 1. The Morgan fingerprint density at radius 1 is 1.18 bits per heavy atom. The highest BCUT2D eigenvalue weighted by Crippen LogP contribution is 2.12. The predicted molar refractivity (Wildman–Crippen MR) is 63.0 cm³/mol. The van der Waals surface area contributed by atoms with Gasteiger partial charge in [0.15, 0.2) is 0 Å². The first-order valence-electron chi connectivity index (χ1n) is 5.27. The van der Waals surface area contributed by atoms with E-state index < -0.39 is 5.97 Å². The zero-order chi connectivity index (χ0) is 12.5. The van der Waals surface area contributed by atoms with Crippen molar-refractivity contribution in [3.63, 3.8) is 0 Å². The van der Waals surface area contributed by atoms with Gasteiger partial charge in [-0.05, 0) is 24.3 Å². The van der Waals surface area contributed by atoms with Gasteiger partial charge in [-0.3, -0.25) is 0 Å². The van der Waals surface area contributed by atoms with Crippen molar-refractivity contribution in [3.8, 4) is 17.6 Å². The minimum atomic E-state index is -0.952. The number of benzene rings is 1. The standard InChI is InChI=1S/C13H14O4/c14-9-3-1-2-4-10-17-12-7-5-11(6-8-12)13(15)16/h5-8,14H,3-4,9-10H2,(H,15,16). The molecule has 0 spiro atoms. The number of aliphatic hydroxyl groups is 1. The summed E-state index contributed by atoms with van der Waals surface area (Å²) >= 11 is 0. The second kappa shape index (κ2) is 7.31.